The summed E-state index contributed by atoms with van der Waals surface area (Å²) in [7, 11) is 1.44. The highest BCUT2D eigenvalue weighted by Gasteiger charge is 2.36. The minimum absolute atomic E-state index is 0.0213. The van der Waals surface area contributed by atoms with Gasteiger partial charge in [-0.05, 0) is 63.6 Å². The first-order valence-electron chi connectivity index (χ1n) is 6.91. The van der Waals surface area contributed by atoms with Gasteiger partial charge in [0.25, 0.3) is 11.1 Å². The van der Waals surface area contributed by atoms with Crippen LogP contribution in [0, 0.1) is 0 Å². The highest BCUT2D eigenvalue weighted by Crippen LogP contribution is 2.39. The Morgan fingerprint density at radius 3 is 2.58 bits per heavy atom. The number of phenols is 1. The molecular weight excluding hydrogens is 394 g/mol. The van der Waals surface area contributed by atoms with Crippen LogP contribution in [0.15, 0.2) is 51.8 Å². The SMILES string of the molecule is COc1cc(/C=C2/SC(=O)N(c3ccccc3)C2=O)cc(Br)c1O. The standard InChI is InChI=1S/C17H12BrNO4S/c1-23-13-8-10(7-12(18)15(13)20)9-14-16(21)19(17(22)24-14)11-5-3-2-4-6-11/h2-9,20H,1H3/b14-9+. The van der Waals surface area contributed by atoms with Gasteiger partial charge in [0.15, 0.2) is 11.5 Å². The van der Waals surface area contributed by atoms with Crippen molar-refractivity contribution >= 4 is 50.6 Å². The van der Waals surface area contributed by atoms with E-state index >= 15 is 0 Å². The van der Waals surface area contributed by atoms with Gasteiger partial charge in [0.2, 0.25) is 0 Å². The summed E-state index contributed by atoms with van der Waals surface area (Å²) in [5, 5.41) is 9.50. The number of carbonyl (C=O) groups is 2. The van der Waals surface area contributed by atoms with Crippen LogP contribution >= 0.6 is 27.7 Å². The third-order valence-corrected chi connectivity index (χ3v) is 4.85. The van der Waals surface area contributed by atoms with Crippen LogP contribution in [0.4, 0.5) is 10.5 Å². The Kier molecular flexibility index (Phi) is 4.64. The average Bonchev–Trinajstić information content (AvgIpc) is 2.85. The van der Waals surface area contributed by atoms with Gasteiger partial charge in [-0.25, -0.2) is 4.90 Å². The molecule has 5 nitrogen and oxygen atoms in total. The molecule has 2 aromatic rings. The van der Waals surface area contributed by atoms with Gasteiger partial charge in [0.1, 0.15) is 0 Å². The fourth-order valence-electron chi connectivity index (χ4n) is 2.25. The number of ether oxygens (including phenoxy) is 1. The van der Waals surface area contributed by atoms with Gasteiger partial charge < -0.3 is 9.84 Å². The molecule has 2 aromatic carbocycles. The van der Waals surface area contributed by atoms with Gasteiger partial charge in [-0.2, -0.15) is 0 Å². The van der Waals surface area contributed by atoms with Gasteiger partial charge in [-0.1, -0.05) is 18.2 Å². The molecule has 1 heterocycles. The lowest BCUT2D eigenvalue weighted by molar-refractivity contribution is -0.113. The Morgan fingerprint density at radius 2 is 1.92 bits per heavy atom. The molecule has 0 saturated carbocycles. The zero-order valence-corrected chi connectivity index (χ0v) is 14.9. The van der Waals surface area contributed by atoms with Crippen molar-refractivity contribution in [3.05, 3.63) is 57.4 Å². The Morgan fingerprint density at radius 1 is 1.21 bits per heavy atom. The second-order valence-corrected chi connectivity index (χ2v) is 6.75. The lowest BCUT2D eigenvalue weighted by Gasteiger charge is -2.11. The molecule has 7 heteroatoms. The summed E-state index contributed by atoms with van der Waals surface area (Å²) < 4.78 is 5.53. The molecule has 24 heavy (non-hydrogen) atoms. The molecule has 0 aliphatic carbocycles. The maximum Gasteiger partial charge on any atom is 0.298 e. The summed E-state index contributed by atoms with van der Waals surface area (Å²) in [6.45, 7) is 0. The van der Waals surface area contributed by atoms with Crippen molar-refractivity contribution in [1.82, 2.24) is 0 Å². The quantitative estimate of drug-likeness (QED) is 0.766. The van der Waals surface area contributed by atoms with Crippen molar-refractivity contribution in [3.8, 4) is 11.5 Å². The number of carbonyl (C=O) groups excluding carboxylic acids is 2. The third-order valence-electron chi connectivity index (χ3n) is 3.38. The van der Waals surface area contributed by atoms with E-state index in [0.717, 1.165) is 16.7 Å². The lowest BCUT2D eigenvalue weighted by atomic mass is 10.2. The van der Waals surface area contributed by atoms with Crippen molar-refractivity contribution in [1.29, 1.82) is 0 Å². The molecular formula is C17H12BrNO4S. The molecule has 0 unspecified atom stereocenters. The van der Waals surface area contributed by atoms with E-state index in [-0.39, 0.29) is 22.6 Å². The van der Waals surface area contributed by atoms with E-state index in [9.17, 15) is 14.7 Å². The number of halogens is 1. The molecule has 122 valence electrons. The van der Waals surface area contributed by atoms with Crippen LogP contribution < -0.4 is 9.64 Å². The van der Waals surface area contributed by atoms with Gasteiger partial charge in [0.05, 0.1) is 22.2 Å². The first-order chi connectivity index (χ1) is 11.5. The first kappa shape index (κ1) is 16.6. The number of thioether (sulfide) groups is 1. The highest BCUT2D eigenvalue weighted by molar-refractivity contribution is 9.10. The Balaban J connectivity index is 1.97. The predicted molar refractivity (Wildman–Crippen MR) is 97.3 cm³/mol. The molecule has 1 N–H and O–H groups in total. The minimum Gasteiger partial charge on any atom is -0.503 e. The molecule has 0 atom stereocenters. The van der Waals surface area contributed by atoms with Crippen LogP contribution in [0.2, 0.25) is 0 Å². The monoisotopic (exact) mass is 405 g/mol. The predicted octanol–water partition coefficient (Wildman–Crippen LogP) is 4.40. The highest BCUT2D eigenvalue weighted by atomic mass is 79.9. The number of anilines is 1. The van der Waals surface area contributed by atoms with Crippen molar-refractivity contribution in [2.75, 3.05) is 12.0 Å². The third kappa shape index (κ3) is 3.05. The topological polar surface area (TPSA) is 66.8 Å². The number of phenolic OH excluding ortho intramolecular Hbond substituents is 1. The molecule has 2 amide bonds. The first-order valence-corrected chi connectivity index (χ1v) is 8.51. The van der Waals surface area contributed by atoms with Gasteiger partial charge in [-0.15, -0.1) is 0 Å². The number of hydrogen-bond donors (Lipinski definition) is 1. The van der Waals surface area contributed by atoms with Crippen molar-refractivity contribution in [3.63, 3.8) is 0 Å². The summed E-state index contributed by atoms with van der Waals surface area (Å²) in [6, 6.07) is 12.0. The summed E-state index contributed by atoms with van der Waals surface area (Å²) in [5.41, 5.74) is 1.17. The fraction of sp³-hybridized carbons (Fsp3) is 0.0588. The maximum atomic E-state index is 12.6. The number of imide groups is 1. The van der Waals surface area contributed by atoms with Crippen LogP contribution in [0.3, 0.4) is 0 Å². The average molecular weight is 406 g/mol. The maximum absolute atomic E-state index is 12.6. The number of benzene rings is 2. The molecule has 1 aliphatic heterocycles. The molecule has 1 fully saturated rings. The van der Waals surface area contributed by atoms with E-state index in [2.05, 4.69) is 15.9 Å². The number of aromatic hydroxyl groups is 1. The summed E-state index contributed by atoms with van der Waals surface area (Å²) >= 11 is 4.11. The van der Waals surface area contributed by atoms with E-state index in [1.807, 2.05) is 6.07 Å². The van der Waals surface area contributed by atoms with Crippen molar-refractivity contribution < 1.29 is 19.4 Å². The van der Waals surface area contributed by atoms with Crippen LogP contribution in [0.25, 0.3) is 6.08 Å². The molecule has 0 spiro atoms. The molecule has 3 rings (SSSR count). The number of hydrogen-bond acceptors (Lipinski definition) is 5. The van der Waals surface area contributed by atoms with Crippen LogP contribution in [-0.4, -0.2) is 23.4 Å². The summed E-state index contributed by atoms with van der Waals surface area (Å²) in [6.07, 6.45) is 1.60. The fourth-order valence-corrected chi connectivity index (χ4v) is 3.55. The number of methoxy groups -OCH3 is 1. The van der Waals surface area contributed by atoms with E-state index in [4.69, 9.17) is 4.74 Å². The van der Waals surface area contributed by atoms with E-state index in [1.165, 1.54) is 7.11 Å². The van der Waals surface area contributed by atoms with Gasteiger partial charge in [0, 0.05) is 0 Å². The number of nitrogens with zero attached hydrogens (tertiary/aromatic N) is 1. The van der Waals surface area contributed by atoms with Gasteiger partial charge >= 0.3 is 0 Å². The molecule has 1 saturated heterocycles. The molecule has 0 bridgehead atoms. The van der Waals surface area contributed by atoms with Crippen molar-refractivity contribution in [2.24, 2.45) is 0 Å². The molecule has 1 aliphatic rings. The van der Waals surface area contributed by atoms with Crippen LogP contribution in [0.1, 0.15) is 5.56 Å². The molecule has 0 aromatic heterocycles. The van der Waals surface area contributed by atoms with Crippen LogP contribution in [0.5, 0.6) is 11.5 Å². The number of amides is 2. The second kappa shape index (κ2) is 6.70. The zero-order chi connectivity index (χ0) is 17.3. The summed E-state index contributed by atoms with van der Waals surface area (Å²) in [4.78, 5) is 26.2. The summed E-state index contributed by atoms with van der Waals surface area (Å²) in [5.74, 6) is -0.121. The van der Waals surface area contributed by atoms with Gasteiger partial charge in [-0.3, -0.25) is 9.59 Å². The Hall–Kier alpha value is -2.25. The normalized spacial score (nSPS) is 16.1. The van der Waals surface area contributed by atoms with Crippen molar-refractivity contribution in [2.45, 2.75) is 0 Å². The number of para-hydroxylation sites is 1. The van der Waals surface area contributed by atoms with E-state index in [0.29, 0.717) is 20.6 Å². The van der Waals surface area contributed by atoms with E-state index < -0.39 is 0 Å². The lowest BCUT2D eigenvalue weighted by Crippen LogP contribution is -2.27. The zero-order valence-electron chi connectivity index (χ0n) is 12.5. The van der Waals surface area contributed by atoms with E-state index in [1.54, 1.807) is 42.5 Å². The second-order valence-electron chi connectivity index (χ2n) is 4.91. The van der Waals surface area contributed by atoms with Crippen LogP contribution in [-0.2, 0) is 4.79 Å². The smallest absolute Gasteiger partial charge is 0.298 e. The minimum atomic E-state index is -0.376. The Labute approximate surface area is 151 Å². The molecule has 0 radical (unpaired) electrons. The Bertz CT molecular complexity index is 851. The largest absolute Gasteiger partial charge is 0.503 e. The number of rotatable bonds is 3.